The third-order valence-electron chi connectivity index (χ3n) is 3.97. The van der Waals surface area contributed by atoms with E-state index < -0.39 is 0 Å². The van der Waals surface area contributed by atoms with Gasteiger partial charge in [-0.05, 0) is 19.1 Å². The number of oxazole rings is 1. The van der Waals surface area contributed by atoms with Crippen LogP contribution >= 0.6 is 0 Å². The first-order valence-corrected chi connectivity index (χ1v) is 9.02. The highest BCUT2D eigenvalue weighted by Gasteiger charge is 2.09. The molecule has 0 aliphatic carbocycles. The monoisotopic (exact) mass is 380 g/mol. The van der Waals surface area contributed by atoms with E-state index in [0.717, 1.165) is 17.0 Å². The zero-order valence-electron chi connectivity index (χ0n) is 16.2. The predicted octanol–water partition coefficient (Wildman–Crippen LogP) is 3.94. The lowest BCUT2D eigenvalue weighted by atomic mass is 10.2. The Balaban J connectivity index is 1.62. The van der Waals surface area contributed by atoms with Gasteiger partial charge < -0.3 is 24.5 Å². The highest BCUT2D eigenvalue weighted by atomic mass is 16.5. The number of aliphatic imine (C=N–C) groups is 1. The second kappa shape index (κ2) is 9.45. The zero-order chi connectivity index (χ0) is 19.8. The maximum atomic E-state index is 5.80. The molecule has 1 heterocycles. The molecule has 28 heavy (non-hydrogen) atoms. The van der Waals surface area contributed by atoms with E-state index in [9.17, 15) is 0 Å². The van der Waals surface area contributed by atoms with Gasteiger partial charge in [0, 0.05) is 24.4 Å². The molecule has 0 radical (unpaired) electrons. The second-order valence-electron chi connectivity index (χ2n) is 5.83. The van der Waals surface area contributed by atoms with E-state index in [2.05, 4.69) is 20.6 Å². The Labute approximate surface area is 164 Å². The predicted molar refractivity (Wildman–Crippen MR) is 110 cm³/mol. The van der Waals surface area contributed by atoms with Crippen LogP contribution in [0.5, 0.6) is 11.5 Å². The Bertz CT molecular complexity index is 922. The fraction of sp³-hybridized carbons (Fsp3) is 0.238. The van der Waals surface area contributed by atoms with E-state index in [1.54, 1.807) is 20.4 Å². The maximum Gasteiger partial charge on any atom is 0.214 e. The summed E-state index contributed by atoms with van der Waals surface area (Å²) in [5.41, 5.74) is 1.82. The lowest BCUT2D eigenvalue weighted by molar-refractivity contribution is 0.311. The molecule has 2 aromatic carbocycles. The van der Waals surface area contributed by atoms with Gasteiger partial charge in [-0.15, -0.1) is 0 Å². The van der Waals surface area contributed by atoms with Crippen LogP contribution in [0.25, 0.3) is 11.3 Å². The van der Waals surface area contributed by atoms with Crippen molar-refractivity contribution in [1.82, 2.24) is 10.3 Å². The largest absolute Gasteiger partial charge is 0.493 e. The number of guanidine groups is 1. The molecule has 3 rings (SSSR count). The minimum atomic E-state index is 0.403. The lowest BCUT2D eigenvalue weighted by Crippen LogP contribution is -2.30. The molecular weight excluding hydrogens is 356 g/mol. The third kappa shape index (κ3) is 4.82. The van der Waals surface area contributed by atoms with Gasteiger partial charge in [-0.2, -0.15) is 0 Å². The number of hydrogen-bond donors (Lipinski definition) is 2. The minimum Gasteiger partial charge on any atom is -0.493 e. The van der Waals surface area contributed by atoms with Gasteiger partial charge in [0.25, 0.3) is 0 Å². The molecule has 7 nitrogen and oxygen atoms in total. The number of anilines is 1. The van der Waals surface area contributed by atoms with Crippen molar-refractivity contribution in [3.8, 4) is 22.8 Å². The summed E-state index contributed by atoms with van der Waals surface area (Å²) in [5.74, 6) is 3.25. The number of aromatic nitrogens is 1. The van der Waals surface area contributed by atoms with E-state index in [4.69, 9.17) is 13.9 Å². The van der Waals surface area contributed by atoms with Crippen molar-refractivity contribution in [3.63, 3.8) is 0 Å². The Hall–Kier alpha value is -3.48. The summed E-state index contributed by atoms with van der Waals surface area (Å²) < 4.78 is 16.7. The molecule has 0 fully saturated rings. The average molecular weight is 380 g/mol. The Morgan fingerprint density at radius 3 is 2.68 bits per heavy atom. The number of benzene rings is 2. The number of methoxy groups -OCH3 is 1. The van der Waals surface area contributed by atoms with E-state index in [1.807, 2.05) is 55.5 Å². The number of hydrogen-bond acceptors (Lipinski definition) is 5. The summed E-state index contributed by atoms with van der Waals surface area (Å²) in [4.78, 5) is 8.55. The molecule has 146 valence electrons. The highest BCUT2D eigenvalue weighted by molar-refractivity contribution is 5.93. The molecule has 7 heteroatoms. The van der Waals surface area contributed by atoms with Crippen LogP contribution in [-0.2, 0) is 6.54 Å². The van der Waals surface area contributed by atoms with Gasteiger partial charge in [-0.25, -0.2) is 4.98 Å². The van der Waals surface area contributed by atoms with Crippen molar-refractivity contribution in [1.29, 1.82) is 0 Å². The van der Waals surface area contributed by atoms with Crippen LogP contribution in [0.4, 0.5) is 5.69 Å². The van der Waals surface area contributed by atoms with Crippen molar-refractivity contribution in [2.24, 2.45) is 4.99 Å². The topological polar surface area (TPSA) is 80.9 Å². The molecular formula is C21H24N4O3. The normalized spacial score (nSPS) is 11.2. The fourth-order valence-electron chi connectivity index (χ4n) is 2.62. The molecule has 0 aliphatic rings. The molecule has 3 aromatic rings. The Kier molecular flexibility index (Phi) is 6.51. The van der Waals surface area contributed by atoms with Crippen molar-refractivity contribution in [2.75, 3.05) is 26.1 Å². The highest BCUT2D eigenvalue weighted by Crippen LogP contribution is 2.30. The van der Waals surface area contributed by atoms with E-state index in [-0.39, 0.29) is 0 Å². The quantitative estimate of drug-likeness (QED) is 0.477. The number of rotatable bonds is 7. The van der Waals surface area contributed by atoms with Crippen LogP contribution < -0.4 is 20.1 Å². The van der Waals surface area contributed by atoms with Gasteiger partial charge in [-0.3, -0.25) is 4.99 Å². The first-order valence-electron chi connectivity index (χ1n) is 9.02. The Morgan fingerprint density at radius 1 is 1.14 bits per heavy atom. The van der Waals surface area contributed by atoms with Crippen LogP contribution in [0.15, 0.2) is 64.1 Å². The molecule has 0 aliphatic heterocycles. The summed E-state index contributed by atoms with van der Waals surface area (Å²) >= 11 is 0. The average Bonchev–Trinajstić information content (AvgIpc) is 3.22. The van der Waals surface area contributed by atoms with Crippen LogP contribution in [0, 0.1) is 0 Å². The van der Waals surface area contributed by atoms with E-state index in [1.165, 1.54) is 0 Å². The van der Waals surface area contributed by atoms with Gasteiger partial charge >= 0.3 is 0 Å². The second-order valence-corrected chi connectivity index (χ2v) is 5.83. The summed E-state index contributed by atoms with van der Waals surface area (Å²) in [6.45, 7) is 2.91. The van der Waals surface area contributed by atoms with Gasteiger partial charge in [0.1, 0.15) is 0 Å². The molecule has 0 amide bonds. The van der Waals surface area contributed by atoms with Crippen molar-refractivity contribution in [3.05, 3.63) is 60.6 Å². The van der Waals surface area contributed by atoms with Gasteiger partial charge in [0.15, 0.2) is 23.2 Å². The third-order valence-corrected chi connectivity index (χ3v) is 3.97. The SMILES string of the molecule is CCOc1ccc(NC(=NC)NCc2ncc(-c3ccccc3)o2)cc1OC. The molecule has 1 aromatic heterocycles. The van der Waals surface area contributed by atoms with E-state index in [0.29, 0.717) is 36.5 Å². The summed E-state index contributed by atoms with van der Waals surface area (Å²) in [5, 5.41) is 6.40. The molecule has 0 spiro atoms. The standard InChI is InChI=1S/C21H24N4O3/c1-4-27-17-11-10-16(12-18(17)26-3)25-21(22-2)24-14-20-23-13-19(28-20)15-8-6-5-7-9-15/h5-13H,4,14H2,1-3H3,(H2,22,24,25). The molecule has 0 saturated carbocycles. The smallest absolute Gasteiger partial charge is 0.214 e. The summed E-state index contributed by atoms with van der Waals surface area (Å²) in [6.07, 6.45) is 1.72. The minimum absolute atomic E-state index is 0.403. The fourth-order valence-corrected chi connectivity index (χ4v) is 2.62. The van der Waals surface area contributed by atoms with Crippen molar-refractivity contribution >= 4 is 11.6 Å². The van der Waals surface area contributed by atoms with Crippen molar-refractivity contribution < 1.29 is 13.9 Å². The summed E-state index contributed by atoms with van der Waals surface area (Å²) in [6, 6.07) is 15.5. The molecule has 0 atom stereocenters. The number of ether oxygens (including phenoxy) is 2. The Morgan fingerprint density at radius 2 is 1.96 bits per heavy atom. The molecule has 0 unspecified atom stereocenters. The van der Waals surface area contributed by atoms with Crippen LogP contribution in [0.2, 0.25) is 0 Å². The zero-order valence-corrected chi connectivity index (χ0v) is 16.2. The van der Waals surface area contributed by atoms with Gasteiger partial charge in [-0.1, -0.05) is 30.3 Å². The lowest BCUT2D eigenvalue weighted by Gasteiger charge is -2.14. The van der Waals surface area contributed by atoms with Crippen LogP contribution in [-0.4, -0.2) is 31.7 Å². The number of nitrogens with zero attached hydrogens (tertiary/aromatic N) is 2. The first-order chi connectivity index (χ1) is 13.7. The summed E-state index contributed by atoms with van der Waals surface area (Å²) in [7, 11) is 3.31. The van der Waals surface area contributed by atoms with Gasteiger partial charge in [0.05, 0.1) is 26.5 Å². The van der Waals surface area contributed by atoms with E-state index >= 15 is 0 Å². The van der Waals surface area contributed by atoms with Crippen LogP contribution in [0.3, 0.4) is 0 Å². The maximum absolute atomic E-state index is 5.80. The molecule has 2 N–H and O–H groups in total. The first kappa shape index (κ1) is 19.3. The molecule has 0 saturated heterocycles. The van der Waals surface area contributed by atoms with Crippen LogP contribution in [0.1, 0.15) is 12.8 Å². The van der Waals surface area contributed by atoms with Gasteiger partial charge in [0.2, 0.25) is 5.89 Å². The number of nitrogens with one attached hydrogen (secondary N) is 2. The van der Waals surface area contributed by atoms with Crippen molar-refractivity contribution in [2.45, 2.75) is 13.5 Å². The molecule has 0 bridgehead atoms.